The molecule has 0 saturated heterocycles. The highest BCUT2D eigenvalue weighted by atomic mass is 32.2. The summed E-state index contributed by atoms with van der Waals surface area (Å²) in [7, 11) is 0. The monoisotopic (exact) mass is 215 g/mol. The highest BCUT2D eigenvalue weighted by molar-refractivity contribution is 7.99. The molecule has 1 rings (SSSR count). The van der Waals surface area contributed by atoms with Gasteiger partial charge in [0.05, 0.1) is 12.1 Å². The Morgan fingerprint density at radius 1 is 1.64 bits per heavy atom. The minimum atomic E-state index is -0.868. The van der Waals surface area contributed by atoms with E-state index < -0.39 is 11.7 Å². The van der Waals surface area contributed by atoms with Crippen molar-refractivity contribution >= 4 is 17.7 Å². The SMILES string of the molecule is Cc1n[nH]c(=O)nc1SCCC(=O)O. The summed E-state index contributed by atoms with van der Waals surface area (Å²) in [6, 6.07) is 0. The Bertz CT molecular complexity index is 390. The summed E-state index contributed by atoms with van der Waals surface area (Å²) >= 11 is 1.22. The first-order chi connectivity index (χ1) is 6.59. The minimum Gasteiger partial charge on any atom is -0.481 e. The molecule has 0 aliphatic rings. The van der Waals surface area contributed by atoms with Gasteiger partial charge in [-0.3, -0.25) is 4.79 Å². The van der Waals surface area contributed by atoms with Gasteiger partial charge in [0.2, 0.25) is 0 Å². The van der Waals surface area contributed by atoms with Crippen LogP contribution in [0.15, 0.2) is 9.82 Å². The van der Waals surface area contributed by atoms with Gasteiger partial charge in [-0.25, -0.2) is 9.89 Å². The number of thioether (sulfide) groups is 1. The number of nitrogens with zero attached hydrogens (tertiary/aromatic N) is 2. The third kappa shape index (κ3) is 3.17. The zero-order valence-corrected chi connectivity index (χ0v) is 8.30. The van der Waals surface area contributed by atoms with Crippen LogP contribution in [0.1, 0.15) is 12.1 Å². The Morgan fingerprint density at radius 2 is 2.36 bits per heavy atom. The van der Waals surface area contributed by atoms with Crippen molar-refractivity contribution in [3.05, 3.63) is 16.2 Å². The molecule has 0 fully saturated rings. The number of carboxylic acid groups (broad SMARTS) is 1. The van der Waals surface area contributed by atoms with Gasteiger partial charge in [-0.05, 0) is 6.92 Å². The lowest BCUT2D eigenvalue weighted by molar-refractivity contribution is -0.136. The number of aliphatic carboxylic acids is 1. The highest BCUT2D eigenvalue weighted by Crippen LogP contribution is 2.16. The van der Waals surface area contributed by atoms with E-state index in [-0.39, 0.29) is 6.42 Å². The van der Waals surface area contributed by atoms with E-state index in [0.29, 0.717) is 16.5 Å². The summed E-state index contributed by atoms with van der Waals surface area (Å²) in [6.45, 7) is 1.70. The first kappa shape index (κ1) is 10.7. The maximum atomic E-state index is 10.8. The number of rotatable bonds is 4. The van der Waals surface area contributed by atoms with Gasteiger partial charge in [-0.2, -0.15) is 10.1 Å². The van der Waals surface area contributed by atoms with E-state index in [2.05, 4.69) is 15.2 Å². The van der Waals surface area contributed by atoms with Crippen molar-refractivity contribution in [3.8, 4) is 0 Å². The van der Waals surface area contributed by atoms with Crippen LogP contribution in [0.5, 0.6) is 0 Å². The molecule has 0 radical (unpaired) electrons. The van der Waals surface area contributed by atoms with E-state index >= 15 is 0 Å². The van der Waals surface area contributed by atoms with Crippen LogP contribution in [-0.2, 0) is 4.79 Å². The fourth-order valence-electron chi connectivity index (χ4n) is 0.749. The van der Waals surface area contributed by atoms with Gasteiger partial charge < -0.3 is 5.11 Å². The van der Waals surface area contributed by atoms with Crippen molar-refractivity contribution < 1.29 is 9.90 Å². The molecule has 7 heteroatoms. The third-order valence-electron chi connectivity index (χ3n) is 1.39. The van der Waals surface area contributed by atoms with Crippen LogP contribution in [0, 0.1) is 6.92 Å². The Kier molecular flexibility index (Phi) is 3.63. The van der Waals surface area contributed by atoms with Gasteiger partial charge in [0, 0.05) is 5.75 Å². The number of H-pyrrole nitrogens is 1. The Balaban J connectivity index is 2.62. The van der Waals surface area contributed by atoms with E-state index in [1.54, 1.807) is 6.92 Å². The van der Waals surface area contributed by atoms with Crippen LogP contribution in [0.2, 0.25) is 0 Å². The van der Waals surface area contributed by atoms with Crippen LogP contribution in [-0.4, -0.2) is 32.0 Å². The number of aromatic amines is 1. The molecule has 0 amide bonds. The third-order valence-corrected chi connectivity index (χ3v) is 2.45. The molecule has 1 aromatic heterocycles. The van der Waals surface area contributed by atoms with Crippen molar-refractivity contribution in [2.24, 2.45) is 0 Å². The summed E-state index contributed by atoms with van der Waals surface area (Å²) in [5.74, 6) is -0.484. The second kappa shape index (κ2) is 4.75. The number of nitrogens with one attached hydrogen (secondary N) is 1. The van der Waals surface area contributed by atoms with Crippen molar-refractivity contribution in [3.63, 3.8) is 0 Å². The smallest absolute Gasteiger partial charge is 0.362 e. The predicted octanol–water partition coefficient (Wildman–Crippen LogP) is 0.0401. The largest absolute Gasteiger partial charge is 0.481 e. The molecule has 0 aliphatic heterocycles. The molecule has 0 aliphatic carbocycles. The molecule has 1 heterocycles. The van der Waals surface area contributed by atoms with E-state index in [9.17, 15) is 9.59 Å². The molecule has 76 valence electrons. The molecule has 1 aromatic rings. The second-order valence-electron chi connectivity index (χ2n) is 2.52. The highest BCUT2D eigenvalue weighted by Gasteiger charge is 2.04. The summed E-state index contributed by atoms with van der Waals surface area (Å²) in [4.78, 5) is 24.7. The van der Waals surface area contributed by atoms with Gasteiger partial charge in [-0.15, -0.1) is 11.8 Å². The maximum absolute atomic E-state index is 10.8. The summed E-state index contributed by atoms with van der Waals surface area (Å²) < 4.78 is 0. The topological polar surface area (TPSA) is 95.9 Å². The molecule has 0 aromatic carbocycles. The van der Waals surface area contributed by atoms with Crippen molar-refractivity contribution in [2.45, 2.75) is 18.4 Å². The molecule has 0 spiro atoms. The number of aryl methyl sites for hydroxylation is 1. The van der Waals surface area contributed by atoms with Crippen molar-refractivity contribution in [1.82, 2.24) is 15.2 Å². The number of carbonyl (C=O) groups is 1. The van der Waals surface area contributed by atoms with Crippen molar-refractivity contribution in [2.75, 3.05) is 5.75 Å². The number of hydrogen-bond donors (Lipinski definition) is 2. The molecule has 0 bridgehead atoms. The predicted molar refractivity (Wildman–Crippen MR) is 50.4 cm³/mol. The van der Waals surface area contributed by atoms with E-state index in [0.717, 1.165) is 0 Å². The van der Waals surface area contributed by atoms with E-state index in [4.69, 9.17) is 5.11 Å². The second-order valence-corrected chi connectivity index (χ2v) is 3.61. The molecular weight excluding hydrogens is 206 g/mol. The van der Waals surface area contributed by atoms with Gasteiger partial charge >= 0.3 is 11.7 Å². The number of hydrogen-bond acceptors (Lipinski definition) is 5. The van der Waals surface area contributed by atoms with Gasteiger partial charge in [-0.1, -0.05) is 0 Å². The molecule has 0 unspecified atom stereocenters. The van der Waals surface area contributed by atoms with Gasteiger partial charge in [0.25, 0.3) is 0 Å². The zero-order valence-electron chi connectivity index (χ0n) is 7.48. The Hall–Kier alpha value is -1.37. The summed E-state index contributed by atoms with van der Waals surface area (Å²) in [5.41, 5.74) is 0.0772. The fourth-order valence-corrected chi connectivity index (χ4v) is 1.62. The van der Waals surface area contributed by atoms with Crippen LogP contribution in [0.4, 0.5) is 0 Å². The molecule has 0 atom stereocenters. The molecule has 6 nitrogen and oxygen atoms in total. The first-order valence-electron chi connectivity index (χ1n) is 3.87. The number of carboxylic acids is 1. The lowest BCUT2D eigenvalue weighted by Crippen LogP contribution is -2.14. The summed E-state index contributed by atoms with van der Waals surface area (Å²) in [5, 5.41) is 14.8. The number of aromatic nitrogens is 3. The molecule has 14 heavy (non-hydrogen) atoms. The normalized spacial score (nSPS) is 10.1. The van der Waals surface area contributed by atoms with Crippen LogP contribution in [0.25, 0.3) is 0 Å². The standard InChI is InChI=1S/C7H9N3O3S/c1-4-6(8-7(13)10-9-4)14-3-2-5(11)12/h2-3H2,1H3,(H,11,12)(H,8,10,13). The quantitative estimate of drug-likeness (QED) is 0.688. The maximum Gasteiger partial charge on any atom is 0.362 e. The lowest BCUT2D eigenvalue weighted by atomic mass is 10.5. The van der Waals surface area contributed by atoms with E-state index in [1.807, 2.05) is 0 Å². The zero-order chi connectivity index (χ0) is 10.6. The molecule has 0 saturated carbocycles. The van der Waals surface area contributed by atoms with Gasteiger partial charge in [0.15, 0.2) is 0 Å². The minimum absolute atomic E-state index is 0.0403. The fraction of sp³-hybridized carbons (Fsp3) is 0.429. The summed E-state index contributed by atoms with van der Waals surface area (Å²) in [6.07, 6.45) is 0.0403. The Morgan fingerprint density at radius 3 is 3.00 bits per heavy atom. The Labute approximate surface area is 83.8 Å². The average Bonchev–Trinajstić information content (AvgIpc) is 2.10. The van der Waals surface area contributed by atoms with Gasteiger partial charge in [0.1, 0.15) is 5.03 Å². The lowest BCUT2D eigenvalue weighted by Gasteiger charge is -1.99. The molecular formula is C7H9N3O3S. The average molecular weight is 215 g/mol. The van der Waals surface area contributed by atoms with Crippen molar-refractivity contribution in [1.29, 1.82) is 0 Å². The molecule has 2 N–H and O–H groups in total. The first-order valence-corrected chi connectivity index (χ1v) is 4.86. The van der Waals surface area contributed by atoms with Crippen LogP contribution in [0.3, 0.4) is 0 Å². The van der Waals surface area contributed by atoms with Crippen LogP contribution >= 0.6 is 11.8 Å². The van der Waals surface area contributed by atoms with E-state index in [1.165, 1.54) is 11.8 Å². The van der Waals surface area contributed by atoms with Crippen LogP contribution < -0.4 is 5.69 Å².